The van der Waals surface area contributed by atoms with Gasteiger partial charge in [0, 0.05) is 18.0 Å². The number of imidazole rings is 1. The molecule has 1 aliphatic heterocycles. The van der Waals surface area contributed by atoms with Gasteiger partial charge < -0.3 is 14.9 Å². The highest BCUT2D eigenvalue weighted by Crippen LogP contribution is 2.21. The highest BCUT2D eigenvalue weighted by atomic mass is 15.1. The van der Waals surface area contributed by atoms with E-state index in [2.05, 4.69) is 50.3 Å². The van der Waals surface area contributed by atoms with Gasteiger partial charge in [-0.05, 0) is 49.4 Å². The molecule has 3 aromatic heterocycles. The minimum Gasteiger partial charge on any atom is -0.385 e. The summed E-state index contributed by atoms with van der Waals surface area (Å²) >= 11 is 0. The molecule has 0 aromatic carbocycles. The number of allylic oxidation sites excluding steroid dienone is 1. The molecule has 0 saturated carbocycles. The van der Waals surface area contributed by atoms with Gasteiger partial charge in [0.1, 0.15) is 11.5 Å². The molecule has 3 N–H and O–H groups in total. The number of rotatable bonds is 3. The molecule has 0 spiro atoms. The van der Waals surface area contributed by atoms with Crippen LogP contribution >= 0.6 is 0 Å². The van der Waals surface area contributed by atoms with Crippen LogP contribution in [0.1, 0.15) is 29.7 Å². The maximum Gasteiger partial charge on any atom is 0.116 e. The third-order valence-electron chi connectivity index (χ3n) is 4.84. The normalized spacial score (nSPS) is 14.6. The van der Waals surface area contributed by atoms with E-state index in [4.69, 9.17) is 0 Å². The van der Waals surface area contributed by atoms with Crippen molar-refractivity contribution in [1.29, 1.82) is 0 Å². The molecule has 0 fully saturated rings. The lowest BCUT2D eigenvalue weighted by Gasteiger charge is -2.05. The van der Waals surface area contributed by atoms with Crippen molar-refractivity contribution in [2.45, 2.75) is 20.4 Å². The number of H-pyrrole nitrogens is 2. The molecule has 26 heavy (non-hydrogen) atoms. The van der Waals surface area contributed by atoms with E-state index in [9.17, 15) is 0 Å². The van der Waals surface area contributed by atoms with Gasteiger partial charge in [0.2, 0.25) is 0 Å². The Morgan fingerprint density at radius 2 is 2.23 bits per heavy atom. The van der Waals surface area contributed by atoms with Crippen LogP contribution in [-0.2, 0) is 13.6 Å². The molecule has 1 aliphatic rings. The summed E-state index contributed by atoms with van der Waals surface area (Å²) in [7, 11) is 2.00. The number of hydrogen-bond donors (Lipinski definition) is 3. The van der Waals surface area contributed by atoms with Crippen molar-refractivity contribution in [2.75, 3.05) is 0 Å². The van der Waals surface area contributed by atoms with Gasteiger partial charge in [0.05, 0.1) is 29.5 Å². The van der Waals surface area contributed by atoms with Crippen molar-refractivity contribution in [3.05, 3.63) is 58.4 Å². The molecule has 4 heterocycles. The lowest BCUT2D eigenvalue weighted by Crippen LogP contribution is -2.23. The number of aromatic nitrogens is 5. The van der Waals surface area contributed by atoms with Crippen molar-refractivity contribution in [3.63, 3.8) is 0 Å². The number of nitrogens with zero attached hydrogens (tertiary/aromatic N) is 3. The first kappa shape index (κ1) is 16.2. The van der Waals surface area contributed by atoms with Crippen LogP contribution in [0.4, 0.5) is 0 Å². The summed E-state index contributed by atoms with van der Waals surface area (Å²) in [5, 5.41) is 12.9. The van der Waals surface area contributed by atoms with Gasteiger partial charge in [0.15, 0.2) is 0 Å². The van der Waals surface area contributed by atoms with E-state index in [1.807, 2.05) is 43.9 Å². The molecule has 3 aromatic rings. The van der Waals surface area contributed by atoms with Gasteiger partial charge in [-0.15, -0.1) is 0 Å². The maximum atomic E-state index is 4.55. The van der Waals surface area contributed by atoms with Crippen molar-refractivity contribution in [2.24, 2.45) is 7.05 Å². The van der Waals surface area contributed by atoms with Crippen LogP contribution in [-0.4, -0.2) is 24.7 Å². The number of hydrogen-bond acceptors (Lipinski definition) is 3. The zero-order valence-electron chi connectivity index (χ0n) is 15.2. The molecule has 132 valence electrons. The highest BCUT2D eigenvalue weighted by molar-refractivity contribution is 5.86. The molecule has 4 rings (SSSR count). The summed E-state index contributed by atoms with van der Waals surface area (Å²) in [6, 6.07) is 2.14. The zero-order chi connectivity index (χ0) is 18.3. The largest absolute Gasteiger partial charge is 0.385 e. The molecule has 0 amide bonds. The third kappa shape index (κ3) is 2.60. The Morgan fingerprint density at radius 1 is 1.38 bits per heavy atom. The lowest BCUT2D eigenvalue weighted by molar-refractivity contribution is 0.834. The van der Waals surface area contributed by atoms with Gasteiger partial charge in [-0.25, -0.2) is 4.98 Å². The van der Waals surface area contributed by atoms with Gasteiger partial charge in [-0.2, -0.15) is 5.10 Å². The number of aryl methyl sites for hydroxylation is 1. The Bertz CT molecular complexity index is 1140. The second kappa shape index (κ2) is 6.22. The quantitative estimate of drug-likeness (QED) is 0.677. The summed E-state index contributed by atoms with van der Waals surface area (Å²) in [6.45, 7) is 9.02. The molecular formula is C20H22N6. The van der Waals surface area contributed by atoms with E-state index in [0.29, 0.717) is 0 Å². The van der Waals surface area contributed by atoms with E-state index in [1.54, 1.807) is 0 Å². The first-order chi connectivity index (χ1) is 12.6. The standard InChI is InChI=1S/C20H22N6/c1-5-16-15(8-12(2)19-11-22-13(3)26(19)4)20(25-24-16)17-9-14-6-7-21-10-18(14)23-17/h5-9,11,21,23-24H,2,10H2,1,3-4H3/b15-8+,16-5+. The average molecular weight is 346 g/mol. The van der Waals surface area contributed by atoms with Gasteiger partial charge >= 0.3 is 0 Å². The fourth-order valence-corrected chi connectivity index (χ4v) is 3.23. The Labute approximate surface area is 151 Å². The molecule has 0 radical (unpaired) electrons. The summed E-state index contributed by atoms with van der Waals surface area (Å²) in [5.41, 5.74) is 6.13. The molecule has 0 unspecified atom stereocenters. The first-order valence-corrected chi connectivity index (χ1v) is 8.60. The summed E-state index contributed by atoms with van der Waals surface area (Å²) in [5.74, 6) is 0.959. The van der Waals surface area contributed by atoms with Crippen molar-refractivity contribution >= 4 is 23.8 Å². The van der Waals surface area contributed by atoms with Crippen molar-refractivity contribution in [3.8, 4) is 11.4 Å². The monoisotopic (exact) mass is 346 g/mol. The van der Waals surface area contributed by atoms with Gasteiger partial charge in [0.25, 0.3) is 0 Å². The van der Waals surface area contributed by atoms with E-state index >= 15 is 0 Å². The van der Waals surface area contributed by atoms with Crippen molar-refractivity contribution in [1.82, 2.24) is 30.0 Å². The predicted octanol–water partition coefficient (Wildman–Crippen LogP) is 1.81. The van der Waals surface area contributed by atoms with Gasteiger partial charge in [-0.1, -0.05) is 12.7 Å². The Balaban J connectivity index is 1.85. The minimum atomic E-state index is 0.795. The fourth-order valence-electron chi connectivity index (χ4n) is 3.23. The van der Waals surface area contributed by atoms with Crippen LogP contribution < -0.4 is 15.9 Å². The molecular weight excluding hydrogens is 324 g/mol. The SMILES string of the molecule is C=C(/C=c1/c(-c2cc3c([nH]2)CNC=C3)n[nH]/c1=C/C)c1cnc(C)n1C. The third-order valence-corrected chi connectivity index (χ3v) is 4.84. The van der Waals surface area contributed by atoms with Crippen LogP contribution in [0.15, 0.2) is 25.0 Å². The molecule has 6 nitrogen and oxygen atoms in total. The highest BCUT2D eigenvalue weighted by Gasteiger charge is 2.14. The second-order valence-corrected chi connectivity index (χ2v) is 6.44. The minimum absolute atomic E-state index is 0.795. The number of fused-ring (bicyclic) bond motifs is 1. The number of aromatic amines is 2. The van der Waals surface area contributed by atoms with Crippen LogP contribution in [0.5, 0.6) is 0 Å². The van der Waals surface area contributed by atoms with E-state index < -0.39 is 0 Å². The van der Waals surface area contributed by atoms with Crippen LogP contribution in [0.2, 0.25) is 0 Å². The van der Waals surface area contributed by atoms with Crippen molar-refractivity contribution < 1.29 is 0 Å². The van der Waals surface area contributed by atoms with E-state index in [-0.39, 0.29) is 0 Å². The summed E-state index contributed by atoms with van der Waals surface area (Å²) in [6.07, 6.45) is 9.98. The topological polar surface area (TPSA) is 74.3 Å². The van der Waals surface area contributed by atoms with Gasteiger partial charge in [-0.3, -0.25) is 5.10 Å². The zero-order valence-corrected chi connectivity index (χ0v) is 15.2. The maximum absolute atomic E-state index is 4.55. The molecule has 0 saturated heterocycles. The summed E-state index contributed by atoms with van der Waals surface area (Å²) < 4.78 is 2.04. The van der Waals surface area contributed by atoms with E-state index in [1.165, 1.54) is 11.3 Å². The molecule has 0 aliphatic carbocycles. The fraction of sp³-hybridized carbons (Fsp3) is 0.200. The Morgan fingerprint density at radius 3 is 2.92 bits per heavy atom. The first-order valence-electron chi connectivity index (χ1n) is 8.60. The smallest absolute Gasteiger partial charge is 0.116 e. The van der Waals surface area contributed by atoms with Crippen LogP contribution in [0.3, 0.4) is 0 Å². The van der Waals surface area contributed by atoms with E-state index in [0.717, 1.165) is 45.6 Å². The molecule has 0 atom stereocenters. The second-order valence-electron chi connectivity index (χ2n) is 6.44. The van der Waals surface area contributed by atoms with Crippen LogP contribution in [0.25, 0.3) is 35.2 Å². The lowest BCUT2D eigenvalue weighted by atomic mass is 10.1. The summed E-state index contributed by atoms with van der Waals surface area (Å²) in [4.78, 5) is 7.84. The average Bonchev–Trinajstić information content (AvgIpc) is 3.32. The Hall–Kier alpha value is -3.28. The Kier molecular flexibility index (Phi) is 3.88. The van der Waals surface area contributed by atoms with Crippen LogP contribution in [0, 0.1) is 6.92 Å². The molecule has 0 bridgehead atoms. The molecule has 6 heteroatoms. The predicted molar refractivity (Wildman–Crippen MR) is 105 cm³/mol. The number of nitrogens with one attached hydrogen (secondary N) is 3.